The number of carbonyl (C=O) groups excluding carboxylic acids is 1. The molecule has 5 heteroatoms. The van der Waals surface area contributed by atoms with E-state index in [1.807, 2.05) is 63.9 Å². The van der Waals surface area contributed by atoms with Crippen molar-refractivity contribution in [1.29, 1.82) is 0 Å². The fourth-order valence-electron chi connectivity index (χ4n) is 2.36. The van der Waals surface area contributed by atoms with Crippen molar-refractivity contribution in [3.05, 3.63) is 58.6 Å². The van der Waals surface area contributed by atoms with Gasteiger partial charge in [-0.1, -0.05) is 23.7 Å². The maximum atomic E-state index is 13.0. The van der Waals surface area contributed by atoms with Gasteiger partial charge in [-0.05, 0) is 64.0 Å². The van der Waals surface area contributed by atoms with Crippen molar-refractivity contribution in [3.63, 3.8) is 0 Å². The van der Waals surface area contributed by atoms with Gasteiger partial charge in [-0.15, -0.1) is 0 Å². The van der Waals surface area contributed by atoms with Crippen molar-refractivity contribution < 1.29 is 9.53 Å². The number of hydrogen-bond donors (Lipinski definition) is 0. The molecule has 0 N–H and O–H groups in total. The molecule has 0 aromatic heterocycles. The maximum Gasteiger partial charge on any atom is 0.270 e. The number of likely N-dealkylation sites (N-methyl/N-ethyl adjacent to an activating group) is 1. The van der Waals surface area contributed by atoms with E-state index in [9.17, 15) is 4.79 Å². The highest BCUT2D eigenvalue weighted by atomic mass is 35.5. The molecule has 0 saturated carbocycles. The molecule has 0 saturated heterocycles. The van der Waals surface area contributed by atoms with Gasteiger partial charge in [-0.25, -0.2) is 0 Å². The molecule has 0 heterocycles. The average molecular weight is 365 g/mol. The van der Waals surface area contributed by atoms with E-state index in [-0.39, 0.29) is 11.9 Å². The number of rotatable bonds is 8. The number of ether oxygens (including phenoxy) is 1. The van der Waals surface area contributed by atoms with E-state index in [1.165, 1.54) is 0 Å². The summed E-state index contributed by atoms with van der Waals surface area (Å²) in [6.07, 6.45) is 0.745. The molecular formula is C20H29ClN2O2. The first-order valence-electron chi connectivity index (χ1n) is 8.38. The molecule has 4 nitrogen and oxygen atoms in total. The van der Waals surface area contributed by atoms with Gasteiger partial charge < -0.3 is 14.5 Å². The number of benzene rings is 1. The van der Waals surface area contributed by atoms with E-state index in [0.29, 0.717) is 23.1 Å². The molecule has 1 aromatic rings. The van der Waals surface area contributed by atoms with Gasteiger partial charge in [0, 0.05) is 24.7 Å². The lowest BCUT2D eigenvalue weighted by Gasteiger charge is -2.32. The standard InChI is InChI=1S/C20H29ClN2O2/c1-14(2)19(20(24)22(6)15(3)4)23(16(5)25-7)13-12-17-8-10-18(21)11-9-17/h8-11,15H,5,12-13H2,1-4,6-7H3. The van der Waals surface area contributed by atoms with Gasteiger partial charge in [-0.3, -0.25) is 4.79 Å². The molecule has 1 rings (SSSR count). The monoisotopic (exact) mass is 364 g/mol. The molecule has 0 aliphatic carbocycles. The largest absolute Gasteiger partial charge is 0.483 e. The summed E-state index contributed by atoms with van der Waals surface area (Å²) in [6, 6.07) is 7.81. The second-order valence-corrected chi connectivity index (χ2v) is 6.92. The number of amides is 1. The van der Waals surface area contributed by atoms with Crippen LogP contribution in [0.4, 0.5) is 0 Å². The van der Waals surface area contributed by atoms with Crippen LogP contribution in [0.3, 0.4) is 0 Å². The highest BCUT2D eigenvalue weighted by Crippen LogP contribution is 2.21. The molecule has 0 atom stereocenters. The molecule has 25 heavy (non-hydrogen) atoms. The van der Waals surface area contributed by atoms with Crippen LogP contribution in [-0.2, 0) is 16.0 Å². The minimum absolute atomic E-state index is 0.0377. The normalized spacial score (nSPS) is 10.4. The number of carbonyl (C=O) groups is 1. The minimum atomic E-state index is -0.0377. The summed E-state index contributed by atoms with van der Waals surface area (Å²) in [4.78, 5) is 16.5. The number of nitrogens with zero attached hydrogens (tertiary/aromatic N) is 2. The lowest BCUT2D eigenvalue weighted by Crippen LogP contribution is -2.40. The lowest BCUT2D eigenvalue weighted by molar-refractivity contribution is -0.129. The third-order valence-corrected chi connectivity index (χ3v) is 4.37. The topological polar surface area (TPSA) is 32.8 Å². The molecule has 0 fully saturated rings. The Bertz CT molecular complexity index is 632. The zero-order chi connectivity index (χ0) is 19.1. The minimum Gasteiger partial charge on any atom is -0.483 e. The lowest BCUT2D eigenvalue weighted by atomic mass is 10.1. The van der Waals surface area contributed by atoms with Crippen LogP contribution in [0.1, 0.15) is 33.3 Å². The molecule has 0 radical (unpaired) electrons. The fourth-order valence-corrected chi connectivity index (χ4v) is 2.49. The van der Waals surface area contributed by atoms with Crippen LogP contribution in [0.5, 0.6) is 0 Å². The Balaban J connectivity index is 3.09. The Morgan fingerprint density at radius 3 is 2.24 bits per heavy atom. The van der Waals surface area contributed by atoms with Crippen LogP contribution in [0.25, 0.3) is 0 Å². The molecule has 0 aliphatic rings. The molecule has 1 amide bonds. The third-order valence-electron chi connectivity index (χ3n) is 4.12. The molecule has 0 bridgehead atoms. The van der Waals surface area contributed by atoms with E-state index in [2.05, 4.69) is 6.58 Å². The fraction of sp³-hybridized carbons (Fsp3) is 0.450. The zero-order valence-corrected chi connectivity index (χ0v) is 16.9. The SMILES string of the molecule is C=C(OC)N(CCc1ccc(Cl)cc1)C(C(=O)N(C)C(C)C)=C(C)C. The second kappa shape index (κ2) is 9.52. The second-order valence-electron chi connectivity index (χ2n) is 6.48. The molecule has 0 spiro atoms. The molecule has 0 aliphatic heterocycles. The van der Waals surface area contributed by atoms with Crippen molar-refractivity contribution in [2.24, 2.45) is 0 Å². The first-order valence-corrected chi connectivity index (χ1v) is 8.76. The zero-order valence-electron chi connectivity index (χ0n) is 16.1. The van der Waals surface area contributed by atoms with Gasteiger partial charge in [0.1, 0.15) is 5.70 Å². The Labute approximate surface area is 156 Å². The van der Waals surface area contributed by atoms with Crippen LogP contribution in [0.2, 0.25) is 5.02 Å². The highest BCUT2D eigenvalue weighted by Gasteiger charge is 2.25. The van der Waals surface area contributed by atoms with E-state index in [4.69, 9.17) is 16.3 Å². The van der Waals surface area contributed by atoms with Crippen molar-refractivity contribution in [1.82, 2.24) is 9.80 Å². The van der Waals surface area contributed by atoms with E-state index >= 15 is 0 Å². The number of halogens is 1. The first kappa shape index (κ1) is 21.1. The van der Waals surface area contributed by atoms with Crippen LogP contribution < -0.4 is 0 Å². The van der Waals surface area contributed by atoms with Gasteiger partial charge in [0.05, 0.1) is 7.11 Å². The molecule has 138 valence electrons. The van der Waals surface area contributed by atoms with E-state index in [1.54, 1.807) is 12.0 Å². The Kier molecular flexibility index (Phi) is 8.04. The highest BCUT2D eigenvalue weighted by molar-refractivity contribution is 6.30. The van der Waals surface area contributed by atoms with Gasteiger partial charge in [0.2, 0.25) is 0 Å². The van der Waals surface area contributed by atoms with Gasteiger partial charge in [-0.2, -0.15) is 0 Å². The van der Waals surface area contributed by atoms with Gasteiger partial charge in [0.25, 0.3) is 5.91 Å². The van der Waals surface area contributed by atoms with Crippen molar-refractivity contribution in [3.8, 4) is 0 Å². The van der Waals surface area contributed by atoms with Crippen molar-refractivity contribution >= 4 is 17.5 Å². The van der Waals surface area contributed by atoms with Crippen LogP contribution in [-0.4, -0.2) is 42.5 Å². The number of methoxy groups -OCH3 is 1. The van der Waals surface area contributed by atoms with Crippen LogP contribution in [0.15, 0.2) is 48.0 Å². The van der Waals surface area contributed by atoms with Crippen LogP contribution in [0, 0.1) is 0 Å². The summed E-state index contributed by atoms with van der Waals surface area (Å²) in [7, 11) is 3.37. The van der Waals surface area contributed by atoms with Crippen molar-refractivity contribution in [2.45, 2.75) is 40.2 Å². The molecule has 1 aromatic carbocycles. The van der Waals surface area contributed by atoms with Crippen LogP contribution >= 0.6 is 11.6 Å². The smallest absolute Gasteiger partial charge is 0.270 e. The van der Waals surface area contributed by atoms with Gasteiger partial charge in [0.15, 0.2) is 5.88 Å². The summed E-state index contributed by atoms with van der Waals surface area (Å²) >= 11 is 5.94. The Morgan fingerprint density at radius 1 is 1.24 bits per heavy atom. The van der Waals surface area contributed by atoms with Gasteiger partial charge >= 0.3 is 0 Å². The first-order chi connectivity index (χ1) is 11.7. The summed E-state index contributed by atoms with van der Waals surface area (Å²) in [5.41, 5.74) is 2.67. The Morgan fingerprint density at radius 2 is 1.80 bits per heavy atom. The molecular weight excluding hydrogens is 336 g/mol. The summed E-state index contributed by atoms with van der Waals surface area (Å²) in [5, 5.41) is 0.709. The quantitative estimate of drug-likeness (QED) is 0.504. The number of allylic oxidation sites excluding steroid dienone is 1. The summed E-state index contributed by atoms with van der Waals surface area (Å²) in [6.45, 7) is 12.4. The Hall–Kier alpha value is -1.94. The summed E-state index contributed by atoms with van der Waals surface area (Å²) in [5.74, 6) is 0.417. The third kappa shape index (κ3) is 5.82. The average Bonchev–Trinajstić information content (AvgIpc) is 2.57. The predicted molar refractivity (Wildman–Crippen MR) is 104 cm³/mol. The van der Waals surface area contributed by atoms with E-state index < -0.39 is 0 Å². The number of hydrogen-bond acceptors (Lipinski definition) is 3. The van der Waals surface area contributed by atoms with E-state index in [0.717, 1.165) is 17.6 Å². The maximum absolute atomic E-state index is 13.0. The molecule has 0 unspecified atom stereocenters. The predicted octanol–water partition coefficient (Wildman–Crippen LogP) is 4.46. The summed E-state index contributed by atoms with van der Waals surface area (Å²) < 4.78 is 5.35. The van der Waals surface area contributed by atoms with Crippen molar-refractivity contribution in [2.75, 3.05) is 20.7 Å².